The largest absolute Gasteiger partial charge is 0.871 e. The lowest BCUT2D eigenvalue weighted by atomic mass is 9.97. The first-order valence-electron chi connectivity index (χ1n) is 26.2. The van der Waals surface area contributed by atoms with E-state index >= 15 is 0 Å². The van der Waals surface area contributed by atoms with Crippen molar-refractivity contribution in [2.75, 3.05) is 52.4 Å². The van der Waals surface area contributed by atoms with Gasteiger partial charge in [-0.1, -0.05) is 172 Å². The van der Waals surface area contributed by atoms with Gasteiger partial charge in [0, 0.05) is 43.2 Å². The number of unbranched alkanes of at least 4 members (excludes halogenated alkanes) is 20. The molecule has 12 heteroatoms. The summed E-state index contributed by atoms with van der Waals surface area (Å²) in [6.07, 6.45) is 37.2. The van der Waals surface area contributed by atoms with Gasteiger partial charge in [0.2, 0.25) is 5.71 Å². The fourth-order valence-electron chi connectivity index (χ4n) is 8.65. The lowest BCUT2D eigenvalue weighted by Gasteiger charge is -2.27. The molecule has 1 aliphatic rings. The number of rotatable bonds is 34. The second-order valence-corrected chi connectivity index (χ2v) is 18.9. The number of aromatic hydroxyl groups is 1. The molecule has 0 heterocycles. The highest BCUT2D eigenvalue weighted by atomic mass is 35.5. The molecule has 0 radical (unpaired) electrons. The number of hydrogen-bond donors (Lipinski definition) is 2. The molecule has 10 nitrogen and oxygen atoms in total. The Morgan fingerprint density at radius 1 is 0.623 bits per heavy atom. The third kappa shape index (κ3) is 20.9. The Morgan fingerprint density at radius 3 is 1.46 bits per heavy atom. The molecule has 0 amide bonds. The summed E-state index contributed by atoms with van der Waals surface area (Å²) in [5.41, 5.74) is 3.92. The van der Waals surface area contributed by atoms with Crippen LogP contribution in [0.2, 0.25) is 10.0 Å². The Morgan fingerprint density at radius 2 is 1.06 bits per heavy atom. The first-order chi connectivity index (χ1) is 33.5. The van der Waals surface area contributed by atoms with Gasteiger partial charge in [-0.25, -0.2) is 4.58 Å². The fraction of sp³-hybridized carbons (Fsp3) is 0.632. The van der Waals surface area contributed by atoms with E-state index in [2.05, 4.69) is 67.5 Å². The van der Waals surface area contributed by atoms with E-state index in [9.17, 15) is 15.3 Å². The Kier molecular flexibility index (Phi) is 32.2. The molecule has 69 heavy (non-hydrogen) atoms. The average Bonchev–Trinajstić information content (AvgIpc) is 3.37. The molecule has 2 N–H and O–H groups in total. The molecule has 0 unspecified atom stereocenters. The van der Waals surface area contributed by atoms with E-state index in [4.69, 9.17) is 47.9 Å². The molecule has 2 aromatic rings. The first-order valence-corrected chi connectivity index (χ1v) is 26.9. The summed E-state index contributed by atoms with van der Waals surface area (Å²) >= 11 is 10.9. The van der Waals surface area contributed by atoms with Crippen molar-refractivity contribution in [3.63, 3.8) is 0 Å². The van der Waals surface area contributed by atoms with Crippen LogP contribution < -0.4 is 14.7 Å². The van der Waals surface area contributed by atoms with E-state index in [1.165, 1.54) is 166 Å². The number of nitriles is 2. The molecule has 0 spiro atoms. The van der Waals surface area contributed by atoms with Gasteiger partial charge < -0.3 is 34.4 Å². The van der Waals surface area contributed by atoms with Crippen LogP contribution in [0.25, 0.3) is 6.08 Å². The van der Waals surface area contributed by atoms with Crippen molar-refractivity contribution in [3.05, 3.63) is 73.7 Å². The van der Waals surface area contributed by atoms with Crippen molar-refractivity contribution in [1.29, 1.82) is 10.5 Å². The van der Waals surface area contributed by atoms with Gasteiger partial charge in [0.15, 0.2) is 5.75 Å². The highest BCUT2D eigenvalue weighted by Crippen LogP contribution is 2.42. The van der Waals surface area contributed by atoms with E-state index in [0.717, 1.165) is 71.5 Å². The Bertz CT molecular complexity index is 1900. The van der Waals surface area contributed by atoms with E-state index in [-0.39, 0.29) is 6.61 Å². The predicted octanol–water partition coefficient (Wildman–Crippen LogP) is 14.9. The van der Waals surface area contributed by atoms with Gasteiger partial charge in [0.1, 0.15) is 53.1 Å². The van der Waals surface area contributed by atoms with Gasteiger partial charge in [-0.05, 0) is 43.4 Å². The fourth-order valence-corrected chi connectivity index (χ4v) is 9.02. The zero-order valence-electron chi connectivity index (χ0n) is 43.5. The van der Waals surface area contributed by atoms with E-state index in [1.54, 1.807) is 21.3 Å². The maximum absolute atomic E-state index is 11.3. The minimum atomic E-state index is -0.853. The molecule has 0 aliphatic heterocycles. The molecule has 0 aromatic heterocycles. The van der Waals surface area contributed by atoms with Crippen molar-refractivity contribution in [2.24, 2.45) is 0 Å². The summed E-state index contributed by atoms with van der Waals surface area (Å²) in [6.45, 7) is 13.2. The van der Waals surface area contributed by atoms with Crippen LogP contribution in [-0.2, 0) is 16.1 Å². The van der Waals surface area contributed by atoms with E-state index in [0.29, 0.717) is 0 Å². The summed E-state index contributed by atoms with van der Waals surface area (Å²) < 4.78 is 20.9. The number of aliphatic hydroxyl groups excluding tert-OH is 1. The second-order valence-electron chi connectivity index (χ2n) is 18.1. The molecule has 3 rings (SSSR count). The number of methoxy groups -OCH3 is 3. The standard InChI is InChI=1S/C49H85N2O4.C8H2Cl2N2O2/c1-8-12-16-20-24-28-32-50(33-29-25-21-17-13-9-2)43-36-42(41-52)45(47(37-43)53-5)40-46-48(54-6)38-44(39-49(46)55-7)51(34-30-26-22-18-14-10-3)35-31-27-23-19-15-11-4;9-5-6(10)8(14)4(2-12)3(1-11)7(5)13/h36-40,52H,8-35,41H2,1-7H3;13-14H/q+1;/p-1. The van der Waals surface area contributed by atoms with Crippen molar-refractivity contribution in [1.82, 2.24) is 0 Å². The Balaban J connectivity index is 0.000000993. The van der Waals surface area contributed by atoms with Gasteiger partial charge >= 0.3 is 0 Å². The maximum Gasteiger partial charge on any atom is 0.207 e. The molecule has 0 saturated heterocycles. The van der Waals surface area contributed by atoms with Crippen LogP contribution in [0, 0.1) is 22.7 Å². The van der Waals surface area contributed by atoms with Crippen LogP contribution in [0.3, 0.4) is 0 Å². The number of benzene rings is 2. The lowest BCUT2D eigenvalue weighted by Crippen LogP contribution is -2.26. The smallest absolute Gasteiger partial charge is 0.207 e. The van der Waals surface area contributed by atoms with E-state index < -0.39 is 32.7 Å². The number of anilines is 1. The van der Waals surface area contributed by atoms with Gasteiger partial charge in [-0.15, -0.1) is 0 Å². The predicted molar refractivity (Wildman–Crippen MR) is 285 cm³/mol. The van der Waals surface area contributed by atoms with Crippen LogP contribution in [0.5, 0.6) is 17.2 Å². The highest BCUT2D eigenvalue weighted by Gasteiger charge is 2.26. The number of phenolic OH excluding ortho intramolecular Hbond substituents is 1. The third-order valence-corrected chi connectivity index (χ3v) is 13.6. The van der Waals surface area contributed by atoms with Gasteiger partial charge in [-0.2, -0.15) is 10.5 Å². The minimum Gasteiger partial charge on any atom is -0.871 e. The summed E-state index contributed by atoms with van der Waals surface area (Å²) in [6, 6.07) is 7.35. The number of aliphatic hydroxyl groups is 1. The quantitative estimate of drug-likeness (QED) is 0.0517. The minimum absolute atomic E-state index is 0.0785. The van der Waals surface area contributed by atoms with E-state index in [1.807, 2.05) is 0 Å². The zero-order chi connectivity index (χ0) is 50.8. The van der Waals surface area contributed by atoms with Crippen LogP contribution in [0.1, 0.15) is 204 Å². The summed E-state index contributed by atoms with van der Waals surface area (Å²) in [4.78, 5) is 2.53. The Hall–Kier alpha value is -4.35. The number of halogens is 2. The Labute approximate surface area is 427 Å². The maximum atomic E-state index is 11.3. The van der Waals surface area contributed by atoms with Gasteiger partial charge in [0.05, 0.1) is 56.2 Å². The second kappa shape index (κ2) is 36.6. The monoisotopic (exact) mass is 993 g/mol. The molecule has 0 atom stereocenters. The first kappa shape index (κ1) is 60.8. The normalized spacial score (nSPS) is 12.1. The van der Waals surface area contributed by atoms with Crippen LogP contribution in [0.15, 0.2) is 41.4 Å². The van der Waals surface area contributed by atoms with Gasteiger partial charge in [0.25, 0.3) is 0 Å². The molecule has 2 aromatic carbocycles. The summed E-state index contributed by atoms with van der Waals surface area (Å²) in [5, 5.41) is 47.6. The number of allylic oxidation sites excluding steroid dienone is 2. The molecule has 384 valence electrons. The number of nitrogens with zero attached hydrogens (tertiary/aromatic N) is 4. The van der Waals surface area contributed by atoms with Crippen molar-refractivity contribution in [3.8, 4) is 29.4 Å². The SMILES string of the molecule is CCCCCCCCN(CCCCCCCC)c1cc(CO)c(C=C2C(OC)=CC(=[N+](CCCCCCCC)CCCCCCCC)C=C2OC)c(OC)c1.N#Cc1c([O-])c(Cl)c(Cl)c(O)c1C#N. The molecule has 0 bridgehead atoms. The summed E-state index contributed by atoms with van der Waals surface area (Å²) in [7, 11) is 5.23. The van der Waals surface area contributed by atoms with Gasteiger partial charge in [-0.3, -0.25) is 0 Å². The van der Waals surface area contributed by atoms with Crippen molar-refractivity contribution in [2.45, 2.75) is 188 Å². The van der Waals surface area contributed by atoms with Crippen LogP contribution in [-0.4, -0.2) is 68.0 Å². The molecule has 1 aliphatic carbocycles. The van der Waals surface area contributed by atoms with Crippen molar-refractivity contribution < 1.29 is 34.1 Å². The van der Waals surface area contributed by atoms with Crippen LogP contribution >= 0.6 is 23.2 Å². The number of phenols is 1. The molecule has 0 saturated carbocycles. The molecular weight excluding hydrogens is 908 g/mol. The summed E-state index contributed by atoms with van der Waals surface area (Å²) in [5.74, 6) is 0.809. The lowest BCUT2D eigenvalue weighted by molar-refractivity contribution is -0.527. The highest BCUT2D eigenvalue weighted by molar-refractivity contribution is 6.44. The number of hydrogen-bond acceptors (Lipinski definition) is 9. The van der Waals surface area contributed by atoms with Crippen LogP contribution in [0.4, 0.5) is 5.69 Å². The molecule has 0 fully saturated rings. The topological polar surface area (TPSA) is 145 Å². The van der Waals surface area contributed by atoms with Crippen molar-refractivity contribution >= 4 is 40.7 Å². The third-order valence-electron chi connectivity index (χ3n) is 12.8. The number of ether oxygens (including phenoxy) is 3. The zero-order valence-corrected chi connectivity index (χ0v) is 45.0. The average molecular weight is 994 g/mol. The molecular formula is C57H86Cl2N4O6.